The molecule has 1 heterocycles. The highest BCUT2D eigenvalue weighted by molar-refractivity contribution is 5.70. The third-order valence-corrected chi connectivity index (χ3v) is 5.84. The van der Waals surface area contributed by atoms with Crippen molar-refractivity contribution >= 4 is 11.9 Å². The average Bonchev–Trinajstić information content (AvgIpc) is 2.62. The third-order valence-electron chi connectivity index (χ3n) is 5.84. The average molecular weight is 369 g/mol. The van der Waals surface area contributed by atoms with Gasteiger partial charge in [-0.15, -0.1) is 0 Å². The van der Waals surface area contributed by atoms with Gasteiger partial charge in [0.1, 0.15) is 5.69 Å². The van der Waals surface area contributed by atoms with Crippen LogP contribution in [0.5, 0.6) is 0 Å². The van der Waals surface area contributed by atoms with Crippen LogP contribution < -0.4 is 5.32 Å². The van der Waals surface area contributed by atoms with E-state index in [1.807, 2.05) is 18.2 Å². The number of halogens is 1. The molecule has 1 aromatic heterocycles. The zero-order valence-electron chi connectivity index (χ0n) is 15.2. The fraction of sp³-hybridized carbons (Fsp3) is 0.476. The van der Waals surface area contributed by atoms with E-state index in [4.69, 9.17) is 0 Å². The summed E-state index contributed by atoms with van der Waals surface area (Å²) in [6.07, 6.45) is 7.80. The molecule has 2 saturated carbocycles. The first-order chi connectivity index (χ1) is 13.1. The van der Waals surface area contributed by atoms with Crippen molar-refractivity contribution in [2.45, 2.75) is 56.9 Å². The first-order valence-electron chi connectivity index (χ1n) is 9.72. The molecule has 0 bridgehead atoms. The van der Waals surface area contributed by atoms with Crippen molar-refractivity contribution in [3.63, 3.8) is 0 Å². The highest BCUT2D eigenvalue weighted by atomic mass is 19.1. The van der Waals surface area contributed by atoms with Crippen LogP contribution in [0, 0.1) is 11.7 Å². The second kappa shape index (κ2) is 7.62. The summed E-state index contributed by atoms with van der Waals surface area (Å²) >= 11 is 0. The first kappa shape index (κ1) is 17.9. The summed E-state index contributed by atoms with van der Waals surface area (Å²) in [6.45, 7) is 0. The molecule has 5 nitrogen and oxygen atoms in total. The lowest BCUT2D eigenvalue weighted by atomic mass is 9.79. The molecular formula is C21H24FN3O2. The maximum Gasteiger partial charge on any atom is 0.306 e. The van der Waals surface area contributed by atoms with Crippen LogP contribution in [0.2, 0.25) is 0 Å². The van der Waals surface area contributed by atoms with Gasteiger partial charge in [-0.2, -0.15) is 0 Å². The number of carboxylic acids is 1. The van der Waals surface area contributed by atoms with Gasteiger partial charge >= 0.3 is 5.97 Å². The number of hydrogen-bond acceptors (Lipinski definition) is 4. The Bertz CT molecular complexity index is 838. The zero-order valence-corrected chi connectivity index (χ0v) is 15.2. The summed E-state index contributed by atoms with van der Waals surface area (Å²) in [7, 11) is 0. The fourth-order valence-corrected chi connectivity index (χ4v) is 4.05. The van der Waals surface area contributed by atoms with Gasteiger partial charge in [0.2, 0.25) is 5.95 Å². The molecular weight excluding hydrogens is 345 g/mol. The zero-order chi connectivity index (χ0) is 18.8. The summed E-state index contributed by atoms with van der Waals surface area (Å²) in [6, 6.07) is 7.95. The van der Waals surface area contributed by atoms with Crippen LogP contribution in [0.3, 0.4) is 0 Å². The van der Waals surface area contributed by atoms with E-state index in [-0.39, 0.29) is 12.0 Å². The summed E-state index contributed by atoms with van der Waals surface area (Å²) in [5, 5.41) is 12.4. The van der Waals surface area contributed by atoms with Gasteiger partial charge in [0, 0.05) is 11.6 Å². The summed E-state index contributed by atoms with van der Waals surface area (Å²) in [5.41, 5.74) is 2.29. The molecule has 2 fully saturated rings. The lowest BCUT2D eigenvalue weighted by Crippen LogP contribution is -2.31. The molecule has 27 heavy (non-hydrogen) atoms. The highest BCUT2D eigenvalue weighted by Gasteiger charge is 2.27. The van der Waals surface area contributed by atoms with Crippen LogP contribution in [0.1, 0.15) is 56.4 Å². The van der Waals surface area contributed by atoms with Crippen molar-refractivity contribution < 1.29 is 14.3 Å². The first-order valence-corrected chi connectivity index (χ1v) is 9.72. The molecule has 0 amide bonds. The molecule has 0 spiro atoms. The molecule has 0 aliphatic heterocycles. The van der Waals surface area contributed by atoms with E-state index < -0.39 is 11.8 Å². The number of carbonyl (C=O) groups is 1. The van der Waals surface area contributed by atoms with E-state index in [0.717, 1.165) is 18.4 Å². The van der Waals surface area contributed by atoms with Crippen molar-refractivity contribution in [3.8, 4) is 11.3 Å². The van der Waals surface area contributed by atoms with Gasteiger partial charge in [-0.3, -0.25) is 4.79 Å². The Hall–Kier alpha value is -2.50. The molecule has 0 saturated heterocycles. The van der Waals surface area contributed by atoms with Crippen LogP contribution >= 0.6 is 0 Å². The Morgan fingerprint density at radius 3 is 2.74 bits per heavy atom. The molecule has 2 aliphatic carbocycles. The smallest absolute Gasteiger partial charge is 0.306 e. The highest BCUT2D eigenvalue weighted by Crippen LogP contribution is 2.37. The lowest BCUT2D eigenvalue weighted by molar-refractivity contribution is -0.142. The predicted octanol–water partition coefficient (Wildman–Crippen LogP) is 4.61. The molecule has 6 heteroatoms. The molecule has 0 unspecified atom stereocenters. The van der Waals surface area contributed by atoms with Crippen LogP contribution in [0.4, 0.5) is 10.3 Å². The van der Waals surface area contributed by atoms with Crippen molar-refractivity contribution in [1.29, 1.82) is 0 Å². The topological polar surface area (TPSA) is 75.1 Å². The number of anilines is 1. The van der Waals surface area contributed by atoms with Crippen molar-refractivity contribution in [2.75, 3.05) is 5.32 Å². The number of aliphatic carboxylic acids is 1. The van der Waals surface area contributed by atoms with Crippen LogP contribution in [0.15, 0.2) is 30.5 Å². The Labute approximate surface area is 158 Å². The molecule has 1 aromatic carbocycles. The number of aromatic nitrogens is 2. The SMILES string of the molecule is O=C(O)[C@H]1CCC[C@@H](Nc2ncc(F)c(-c3cccc(C4CCC4)c3)n2)C1. The summed E-state index contributed by atoms with van der Waals surface area (Å²) in [4.78, 5) is 19.7. The van der Waals surface area contributed by atoms with Crippen LogP contribution in [-0.2, 0) is 4.79 Å². The maximum absolute atomic E-state index is 14.4. The van der Waals surface area contributed by atoms with Gasteiger partial charge in [0.05, 0.1) is 12.1 Å². The molecule has 2 N–H and O–H groups in total. The van der Waals surface area contributed by atoms with E-state index in [9.17, 15) is 14.3 Å². The van der Waals surface area contributed by atoms with Gasteiger partial charge in [-0.25, -0.2) is 14.4 Å². The van der Waals surface area contributed by atoms with Gasteiger partial charge in [-0.05, 0) is 49.7 Å². The third kappa shape index (κ3) is 3.94. The minimum atomic E-state index is -0.755. The minimum absolute atomic E-state index is 0.000489. The standard InChI is InChI=1S/C21H24FN3O2/c22-18-12-23-21(24-17-9-3-8-16(11-17)20(26)27)25-19(18)15-7-2-6-14(10-15)13-4-1-5-13/h2,6-7,10,12-13,16-17H,1,3-5,8-9,11H2,(H,26,27)(H,23,24,25)/t16-,17+/m0/s1. The number of hydrogen-bond donors (Lipinski definition) is 2. The Morgan fingerprint density at radius 1 is 1.19 bits per heavy atom. The van der Waals surface area contributed by atoms with E-state index in [2.05, 4.69) is 21.4 Å². The van der Waals surface area contributed by atoms with Crippen LogP contribution in [0.25, 0.3) is 11.3 Å². The van der Waals surface area contributed by atoms with Gasteiger partial charge < -0.3 is 10.4 Å². The Morgan fingerprint density at radius 2 is 2.00 bits per heavy atom. The van der Waals surface area contributed by atoms with E-state index >= 15 is 0 Å². The van der Waals surface area contributed by atoms with E-state index in [0.29, 0.717) is 30.4 Å². The van der Waals surface area contributed by atoms with Crippen molar-refractivity contribution in [1.82, 2.24) is 9.97 Å². The summed E-state index contributed by atoms with van der Waals surface area (Å²) < 4.78 is 14.4. The molecule has 4 rings (SSSR count). The van der Waals surface area contributed by atoms with Crippen LogP contribution in [-0.4, -0.2) is 27.1 Å². The number of nitrogens with one attached hydrogen (secondary N) is 1. The van der Waals surface area contributed by atoms with E-state index in [1.165, 1.54) is 31.0 Å². The number of rotatable bonds is 5. The van der Waals surface area contributed by atoms with Gasteiger partial charge in [0.15, 0.2) is 5.82 Å². The molecule has 0 radical (unpaired) electrons. The number of carboxylic acid groups (broad SMARTS) is 1. The molecule has 2 atom stereocenters. The maximum atomic E-state index is 14.4. The molecule has 142 valence electrons. The fourth-order valence-electron chi connectivity index (χ4n) is 4.05. The lowest BCUT2D eigenvalue weighted by Gasteiger charge is -2.27. The number of benzene rings is 1. The Kier molecular flexibility index (Phi) is 5.05. The normalized spacial score (nSPS) is 22.9. The van der Waals surface area contributed by atoms with Crippen molar-refractivity contribution in [3.05, 3.63) is 41.8 Å². The van der Waals surface area contributed by atoms with Crippen molar-refractivity contribution in [2.24, 2.45) is 5.92 Å². The van der Waals surface area contributed by atoms with E-state index in [1.54, 1.807) is 0 Å². The monoisotopic (exact) mass is 369 g/mol. The van der Waals surface area contributed by atoms with Gasteiger partial charge in [-0.1, -0.05) is 31.0 Å². The summed E-state index contributed by atoms with van der Waals surface area (Å²) in [5.74, 6) is -0.608. The molecule has 2 aromatic rings. The second-order valence-electron chi connectivity index (χ2n) is 7.69. The Balaban J connectivity index is 1.54. The quantitative estimate of drug-likeness (QED) is 0.805. The minimum Gasteiger partial charge on any atom is -0.481 e. The second-order valence-corrected chi connectivity index (χ2v) is 7.69. The number of nitrogens with zero attached hydrogens (tertiary/aromatic N) is 2. The van der Waals surface area contributed by atoms with Gasteiger partial charge in [0.25, 0.3) is 0 Å². The molecule has 2 aliphatic rings. The largest absolute Gasteiger partial charge is 0.481 e. The predicted molar refractivity (Wildman–Crippen MR) is 101 cm³/mol.